The SMILES string of the molecule is N#Cc1cc(-c2ccc3oc4ccccc4c3c2)cc2c1oc1c(-n3c4ccccc4c4ccc(-c5ccccc5)cc43)cccc12. The summed E-state index contributed by atoms with van der Waals surface area (Å²) in [6.45, 7) is 0. The third-order valence-corrected chi connectivity index (χ3v) is 9.43. The number of hydrogen-bond acceptors (Lipinski definition) is 3. The Hall–Kier alpha value is -6.57. The van der Waals surface area contributed by atoms with Crippen LogP contribution >= 0.6 is 0 Å². The van der Waals surface area contributed by atoms with E-state index in [1.807, 2.05) is 36.4 Å². The van der Waals surface area contributed by atoms with Gasteiger partial charge in [-0.2, -0.15) is 5.26 Å². The molecule has 10 rings (SSSR count). The Morgan fingerprint density at radius 2 is 1.13 bits per heavy atom. The fourth-order valence-corrected chi connectivity index (χ4v) is 7.26. The maximum atomic E-state index is 10.4. The van der Waals surface area contributed by atoms with E-state index >= 15 is 0 Å². The van der Waals surface area contributed by atoms with Crippen LogP contribution in [0.4, 0.5) is 0 Å². The van der Waals surface area contributed by atoms with Crippen molar-refractivity contribution in [3.05, 3.63) is 151 Å². The highest BCUT2D eigenvalue weighted by molar-refractivity contribution is 6.14. The molecule has 0 aliphatic heterocycles. The average molecular weight is 601 g/mol. The van der Waals surface area contributed by atoms with Crippen molar-refractivity contribution >= 4 is 65.7 Å². The highest BCUT2D eigenvalue weighted by Crippen LogP contribution is 2.41. The molecule has 4 nitrogen and oxygen atoms in total. The maximum Gasteiger partial charge on any atom is 0.159 e. The Morgan fingerprint density at radius 3 is 2.02 bits per heavy atom. The second kappa shape index (κ2) is 9.71. The van der Waals surface area contributed by atoms with Crippen LogP contribution in [0.1, 0.15) is 5.56 Å². The van der Waals surface area contributed by atoms with Crippen molar-refractivity contribution in [2.45, 2.75) is 0 Å². The molecule has 47 heavy (non-hydrogen) atoms. The molecule has 0 bridgehead atoms. The maximum absolute atomic E-state index is 10.4. The molecule has 3 aromatic heterocycles. The minimum atomic E-state index is 0.505. The summed E-state index contributed by atoms with van der Waals surface area (Å²) in [6, 6.07) is 52.7. The highest BCUT2D eigenvalue weighted by Gasteiger charge is 2.20. The Morgan fingerprint density at radius 1 is 0.426 bits per heavy atom. The van der Waals surface area contributed by atoms with Gasteiger partial charge in [0.05, 0.1) is 22.3 Å². The van der Waals surface area contributed by atoms with E-state index in [0.29, 0.717) is 11.1 Å². The molecule has 0 saturated heterocycles. The van der Waals surface area contributed by atoms with Gasteiger partial charge in [0.2, 0.25) is 0 Å². The fourth-order valence-electron chi connectivity index (χ4n) is 7.26. The van der Waals surface area contributed by atoms with Gasteiger partial charge in [-0.05, 0) is 70.8 Å². The van der Waals surface area contributed by atoms with Gasteiger partial charge < -0.3 is 13.4 Å². The third-order valence-electron chi connectivity index (χ3n) is 9.43. The molecule has 0 aliphatic rings. The Labute approximate surface area is 268 Å². The number of nitrogens with zero attached hydrogens (tertiary/aromatic N) is 2. The van der Waals surface area contributed by atoms with Gasteiger partial charge in [0.15, 0.2) is 11.2 Å². The van der Waals surface area contributed by atoms with Crippen molar-refractivity contribution in [2.24, 2.45) is 0 Å². The monoisotopic (exact) mass is 600 g/mol. The lowest BCUT2D eigenvalue weighted by Gasteiger charge is -2.09. The lowest BCUT2D eigenvalue weighted by Crippen LogP contribution is -1.94. The van der Waals surface area contributed by atoms with Crippen molar-refractivity contribution in [2.75, 3.05) is 0 Å². The lowest BCUT2D eigenvalue weighted by molar-refractivity contribution is 0.665. The standard InChI is InChI=1S/C43H24N2O2/c44-25-30-21-29(27-18-20-41-35(22-27)33-12-5-7-16-40(33)46-41)23-36-34-13-8-15-38(43(34)47-42(30)36)45-37-14-6-4-11-31(37)32-19-17-28(24-39(32)45)26-9-2-1-3-10-26/h1-24H. The highest BCUT2D eigenvalue weighted by atomic mass is 16.3. The van der Waals surface area contributed by atoms with Gasteiger partial charge in [0, 0.05) is 32.3 Å². The summed E-state index contributed by atoms with van der Waals surface area (Å²) in [5, 5.41) is 16.7. The van der Waals surface area contributed by atoms with Crippen LogP contribution < -0.4 is 0 Å². The number of benzene rings is 7. The minimum absolute atomic E-state index is 0.505. The van der Waals surface area contributed by atoms with E-state index in [0.717, 1.165) is 71.7 Å². The van der Waals surface area contributed by atoms with Crippen LogP contribution in [0.25, 0.3) is 93.6 Å². The van der Waals surface area contributed by atoms with Crippen molar-refractivity contribution in [1.29, 1.82) is 5.26 Å². The van der Waals surface area contributed by atoms with E-state index in [4.69, 9.17) is 8.83 Å². The molecule has 7 aromatic carbocycles. The van der Waals surface area contributed by atoms with Crippen LogP contribution in [-0.2, 0) is 0 Å². The minimum Gasteiger partial charge on any atom is -0.456 e. The third kappa shape index (κ3) is 3.75. The van der Waals surface area contributed by atoms with E-state index in [9.17, 15) is 5.26 Å². The van der Waals surface area contributed by atoms with Crippen LogP contribution in [0.5, 0.6) is 0 Å². The zero-order valence-electron chi connectivity index (χ0n) is 25.1. The number of fused-ring (bicyclic) bond motifs is 9. The number of furan rings is 2. The molecular weight excluding hydrogens is 576 g/mol. The van der Waals surface area contributed by atoms with Crippen molar-refractivity contribution in [3.8, 4) is 34.0 Å². The summed E-state index contributed by atoms with van der Waals surface area (Å²) in [4.78, 5) is 0. The quantitative estimate of drug-likeness (QED) is 0.203. The lowest BCUT2D eigenvalue weighted by atomic mass is 9.98. The van der Waals surface area contributed by atoms with Gasteiger partial charge >= 0.3 is 0 Å². The molecule has 4 heteroatoms. The first-order valence-electron chi connectivity index (χ1n) is 15.7. The Balaban J connectivity index is 1.23. The molecule has 0 spiro atoms. The molecule has 0 unspecified atom stereocenters. The van der Waals surface area contributed by atoms with E-state index in [1.54, 1.807) is 0 Å². The van der Waals surface area contributed by atoms with Gasteiger partial charge in [0.25, 0.3) is 0 Å². The Bertz CT molecular complexity index is 2920. The van der Waals surface area contributed by atoms with Gasteiger partial charge in [-0.15, -0.1) is 0 Å². The zero-order valence-corrected chi connectivity index (χ0v) is 25.1. The zero-order chi connectivity index (χ0) is 31.1. The Kier molecular flexibility index (Phi) is 5.32. The smallest absolute Gasteiger partial charge is 0.159 e. The molecule has 0 aliphatic carbocycles. The molecule has 0 atom stereocenters. The van der Waals surface area contributed by atoms with Crippen LogP contribution in [0.3, 0.4) is 0 Å². The summed E-state index contributed by atoms with van der Waals surface area (Å²) in [5.74, 6) is 0. The second-order valence-electron chi connectivity index (χ2n) is 12.0. The molecule has 218 valence electrons. The molecule has 0 saturated carbocycles. The normalized spacial score (nSPS) is 11.8. The molecule has 3 heterocycles. The summed E-state index contributed by atoms with van der Waals surface area (Å²) in [7, 11) is 0. The van der Waals surface area contributed by atoms with Gasteiger partial charge in [-0.25, -0.2) is 0 Å². The van der Waals surface area contributed by atoms with Crippen LogP contribution in [-0.4, -0.2) is 4.57 Å². The topological polar surface area (TPSA) is 55.0 Å². The van der Waals surface area contributed by atoms with E-state index < -0.39 is 0 Å². The van der Waals surface area contributed by atoms with Gasteiger partial charge in [-0.1, -0.05) is 97.1 Å². The largest absolute Gasteiger partial charge is 0.456 e. The second-order valence-corrected chi connectivity index (χ2v) is 12.0. The predicted octanol–water partition coefficient (Wildman–Crippen LogP) is 11.8. The summed E-state index contributed by atoms with van der Waals surface area (Å²) < 4.78 is 15.1. The first kappa shape index (κ1) is 25.7. The average Bonchev–Trinajstić information content (AvgIpc) is 3.80. The van der Waals surface area contributed by atoms with Crippen LogP contribution in [0, 0.1) is 11.3 Å². The molecule has 0 amide bonds. The summed E-state index contributed by atoms with van der Waals surface area (Å²) in [5.41, 5.74) is 11.0. The van der Waals surface area contributed by atoms with Gasteiger partial charge in [0.1, 0.15) is 17.2 Å². The molecular formula is C43H24N2O2. The summed E-state index contributed by atoms with van der Waals surface area (Å²) >= 11 is 0. The van der Waals surface area contributed by atoms with Crippen molar-refractivity contribution < 1.29 is 8.83 Å². The first-order valence-corrected chi connectivity index (χ1v) is 15.7. The molecule has 0 fully saturated rings. The number of aromatic nitrogens is 1. The number of para-hydroxylation sites is 3. The number of hydrogen-bond donors (Lipinski definition) is 0. The van der Waals surface area contributed by atoms with E-state index in [-0.39, 0.29) is 0 Å². The first-order chi connectivity index (χ1) is 23.2. The number of rotatable bonds is 3. The molecule has 0 N–H and O–H groups in total. The van der Waals surface area contributed by atoms with Crippen LogP contribution in [0.2, 0.25) is 0 Å². The summed E-state index contributed by atoms with van der Waals surface area (Å²) in [6.07, 6.45) is 0. The molecule has 0 radical (unpaired) electrons. The van der Waals surface area contributed by atoms with Crippen LogP contribution in [0.15, 0.2) is 154 Å². The van der Waals surface area contributed by atoms with Crippen molar-refractivity contribution in [1.82, 2.24) is 4.57 Å². The van der Waals surface area contributed by atoms with E-state index in [2.05, 4.69) is 120 Å². The molecule has 10 aromatic rings. The number of nitriles is 1. The predicted molar refractivity (Wildman–Crippen MR) is 191 cm³/mol. The van der Waals surface area contributed by atoms with Crippen molar-refractivity contribution in [3.63, 3.8) is 0 Å². The van der Waals surface area contributed by atoms with Gasteiger partial charge in [-0.3, -0.25) is 0 Å². The fraction of sp³-hybridized carbons (Fsp3) is 0. The van der Waals surface area contributed by atoms with E-state index in [1.165, 1.54) is 16.3 Å².